The van der Waals surface area contributed by atoms with Gasteiger partial charge in [0.15, 0.2) is 0 Å². The van der Waals surface area contributed by atoms with Crippen LogP contribution in [0.3, 0.4) is 0 Å². The molecule has 1 nitrogen and oxygen atoms in total. The van der Waals surface area contributed by atoms with Crippen LogP contribution in [0.4, 0.5) is 0 Å². The highest BCUT2D eigenvalue weighted by molar-refractivity contribution is 6.20. The molecule has 18 heavy (non-hydrogen) atoms. The molecule has 0 spiro atoms. The Morgan fingerprint density at radius 3 is 2.39 bits per heavy atom. The van der Waals surface area contributed by atoms with Gasteiger partial charge in [0.25, 0.3) is 0 Å². The van der Waals surface area contributed by atoms with E-state index in [-0.39, 0.29) is 10.8 Å². The number of alkyl halides is 1. The van der Waals surface area contributed by atoms with Crippen LogP contribution >= 0.6 is 11.6 Å². The summed E-state index contributed by atoms with van der Waals surface area (Å²) in [4.78, 5) is 0. The summed E-state index contributed by atoms with van der Waals surface area (Å²) in [7, 11) is 0. The molecule has 0 aromatic carbocycles. The van der Waals surface area contributed by atoms with Gasteiger partial charge in [-0.05, 0) is 31.1 Å². The molecule has 0 radical (unpaired) electrons. The second-order valence-electron chi connectivity index (χ2n) is 6.37. The minimum Gasteiger partial charge on any atom is -0.385 e. The molecule has 1 rings (SSSR count). The fraction of sp³-hybridized carbons (Fsp3) is 0.875. The van der Waals surface area contributed by atoms with Crippen LogP contribution < -0.4 is 0 Å². The summed E-state index contributed by atoms with van der Waals surface area (Å²) in [5, 5.41) is 11.2. The van der Waals surface area contributed by atoms with Gasteiger partial charge in [0.05, 0.1) is 5.60 Å². The van der Waals surface area contributed by atoms with E-state index in [0.29, 0.717) is 0 Å². The van der Waals surface area contributed by atoms with Crippen molar-refractivity contribution in [3.05, 3.63) is 12.2 Å². The monoisotopic (exact) mass is 272 g/mol. The molecule has 0 aromatic heterocycles. The van der Waals surface area contributed by atoms with E-state index in [9.17, 15) is 5.11 Å². The Bertz CT molecular complexity index is 272. The van der Waals surface area contributed by atoms with Crippen molar-refractivity contribution in [1.82, 2.24) is 0 Å². The SMILES string of the molecule is CCC(Cl)C/C=C/[C@@]1(O)CCCCCCC1(C)C. The minimum atomic E-state index is -0.655. The van der Waals surface area contributed by atoms with Crippen LogP contribution in [0.1, 0.15) is 72.1 Å². The fourth-order valence-electron chi connectivity index (χ4n) is 2.76. The van der Waals surface area contributed by atoms with Gasteiger partial charge in [0.1, 0.15) is 0 Å². The second-order valence-corrected chi connectivity index (χ2v) is 6.98. The Labute approximate surface area is 118 Å². The topological polar surface area (TPSA) is 20.2 Å². The maximum atomic E-state index is 11.0. The summed E-state index contributed by atoms with van der Waals surface area (Å²) in [6.07, 6.45) is 12.9. The number of hydrogen-bond acceptors (Lipinski definition) is 1. The molecule has 0 saturated heterocycles. The number of halogens is 1. The Kier molecular flexibility index (Phi) is 6.20. The lowest BCUT2D eigenvalue weighted by Crippen LogP contribution is -2.43. The third kappa shape index (κ3) is 4.28. The average molecular weight is 273 g/mol. The summed E-state index contributed by atoms with van der Waals surface area (Å²) in [5.74, 6) is 0. The number of aliphatic hydroxyl groups is 1. The van der Waals surface area contributed by atoms with Gasteiger partial charge in [0.2, 0.25) is 0 Å². The summed E-state index contributed by atoms with van der Waals surface area (Å²) in [6.45, 7) is 6.49. The highest BCUT2D eigenvalue weighted by Gasteiger charge is 2.40. The van der Waals surface area contributed by atoms with Crippen molar-refractivity contribution in [2.75, 3.05) is 0 Å². The predicted molar refractivity (Wildman–Crippen MR) is 80.1 cm³/mol. The lowest BCUT2D eigenvalue weighted by atomic mass is 9.67. The van der Waals surface area contributed by atoms with Crippen molar-refractivity contribution in [2.24, 2.45) is 5.41 Å². The van der Waals surface area contributed by atoms with Crippen LogP contribution in [0.2, 0.25) is 0 Å². The molecule has 106 valence electrons. The molecule has 1 N–H and O–H groups in total. The van der Waals surface area contributed by atoms with Crippen LogP contribution in [0.15, 0.2) is 12.2 Å². The molecule has 0 amide bonds. The largest absolute Gasteiger partial charge is 0.385 e. The Balaban J connectivity index is 2.71. The van der Waals surface area contributed by atoms with Crippen molar-refractivity contribution in [1.29, 1.82) is 0 Å². The third-order valence-electron chi connectivity index (χ3n) is 4.51. The van der Waals surface area contributed by atoms with Crippen molar-refractivity contribution in [2.45, 2.75) is 83.1 Å². The molecular formula is C16H29ClO. The first kappa shape index (κ1) is 16.0. The van der Waals surface area contributed by atoms with E-state index < -0.39 is 5.60 Å². The predicted octanol–water partition coefficient (Wildman–Crippen LogP) is 5.06. The maximum Gasteiger partial charge on any atom is 0.0878 e. The Morgan fingerprint density at radius 1 is 1.17 bits per heavy atom. The van der Waals surface area contributed by atoms with Crippen LogP contribution in [-0.4, -0.2) is 16.1 Å². The zero-order valence-electron chi connectivity index (χ0n) is 12.2. The van der Waals surface area contributed by atoms with Gasteiger partial charge >= 0.3 is 0 Å². The number of allylic oxidation sites excluding steroid dienone is 1. The Hall–Kier alpha value is -0.0100. The molecule has 1 aliphatic rings. The van der Waals surface area contributed by atoms with Crippen molar-refractivity contribution < 1.29 is 5.11 Å². The standard InChI is InChI=1S/C16H29ClO/c1-4-14(17)10-9-13-16(18)12-8-6-5-7-11-15(16,2)3/h9,13-14,18H,4-8,10-12H2,1-3H3/b13-9+/t14?,16-/m0/s1. The first-order valence-electron chi connectivity index (χ1n) is 7.45. The fourth-order valence-corrected chi connectivity index (χ4v) is 2.86. The van der Waals surface area contributed by atoms with E-state index in [2.05, 4.69) is 26.8 Å². The van der Waals surface area contributed by atoms with Crippen LogP contribution in [0.5, 0.6) is 0 Å². The second kappa shape index (κ2) is 6.96. The van der Waals surface area contributed by atoms with Crippen molar-refractivity contribution in [3.63, 3.8) is 0 Å². The highest BCUT2D eigenvalue weighted by Crippen LogP contribution is 2.42. The molecule has 2 atom stereocenters. The summed E-state index contributed by atoms with van der Waals surface area (Å²) in [5.41, 5.74) is -0.685. The van der Waals surface area contributed by atoms with E-state index in [0.717, 1.165) is 32.1 Å². The quantitative estimate of drug-likeness (QED) is 0.560. The van der Waals surface area contributed by atoms with E-state index in [1.54, 1.807) is 0 Å². The van der Waals surface area contributed by atoms with Crippen molar-refractivity contribution in [3.8, 4) is 0 Å². The van der Waals surface area contributed by atoms with Gasteiger partial charge < -0.3 is 5.11 Å². The Morgan fingerprint density at radius 2 is 1.78 bits per heavy atom. The molecule has 0 aliphatic heterocycles. The molecule has 1 aliphatic carbocycles. The van der Waals surface area contributed by atoms with Crippen molar-refractivity contribution >= 4 is 11.6 Å². The van der Waals surface area contributed by atoms with Crippen LogP contribution in [-0.2, 0) is 0 Å². The molecule has 1 unspecified atom stereocenters. The molecule has 1 fully saturated rings. The van der Waals surface area contributed by atoms with Gasteiger partial charge in [-0.25, -0.2) is 0 Å². The van der Waals surface area contributed by atoms with Gasteiger partial charge in [0, 0.05) is 5.38 Å². The van der Waals surface area contributed by atoms with Crippen LogP contribution in [0.25, 0.3) is 0 Å². The van der Waals surface area contributed by atoms with E-state index in [4.69, 9.17) is 11.6 Å². The first-order chi connectivity index (χ1) is 8.41. The van der Waals surface area contributed by atoms with Gasteiger partial charge in [-0.1, -0.05) is 58.6 Å². The summed E-state index contributed by atoms with van der Waals surface area (Å²) >= 11 is 6.12. The molecular weight excluding hydrogens is 244 g/mol. The summed E-state index contributed by atoms with van der Waals surface area (Å²) < 4.78 is 0. The zero-order chi connectivity index (χ0) is 13.6. The van der Waals surface area contributed by atoms with E-state index >= 15 is 0 Å². The van der Waals surface area contributed by atoms with Gasteiger partial charge in [-0.2, -0.15) is 0 Å². The minimum absolute atomic E-state index is 0.0298. The maximum absolute atomic E-state index is 11.0. The number of rotatable bonds is 4. The average Bonchev–Trinajstić information content (AvgIpc) is 2.31. The lowest BCUT2D eigenvalue weighted by Gasteiger charge is -2.42. The first-order valence-corrected chi connectivity index (χ1v) is 7.89. The molecule has 2 heteroatoms. The molecule has 0 bridgehead atoms. The zero-order valence-corrected chi connectivity index (χ0v) is 13.0. The normalized spacial score (nSPS) is 30.9. The smallest absolute Gasteiger partial charge is 0.0878 e. The van der Waals surface area contributed by atoms with E-state index in [1.807, 2.05) is 6.08 Å². The molecule has 0 aromatic rings. The summed E-state index contributed by atoms with van der Waals surface area (Å²) in [6, 6.07) is 0. The highest BCUT2D eigenvalue weighted by atomic mass is 35.5. The van der Waals surface area contributed by atoms with Crippen LogP contribution in [0, 0.1) is 5.41 Å². The van der Waals surface area contributed by atoms with Gasteiger partial charge in [-0.15, -0.1) is 11.6 Å². The van der Waals surface area contributed by atoms with Gasteiger partial charge in [-0.3, -0.25) is 0 Å². The third-order valence-corrected chi connectivity index (χ3v) is 5.00. The molecule has 0 heterocycles. The van der Waals surface area contributed by atoms with E-state index in [1.165, 1.54) is 19.3 Å². The lowest BCUT2D eigenvalue weighted by molar-refractivity contribution is -0.0434. The molecule has 1 saturated carbocycles. The number of hydrogen-bond donors (Lipinski definition) is 1.